The molecule has 7 heteroatoms. The lowest BCUT2D eigenvalue weighted by atomic mass is 9.89. The molecule has 5 nitrogen and oxygen atoms in total. The summed E-state index contributed by atoms with van der Waals surface area (Å²) in [6.45, 7) is 0.0123. The average molecular weight is 400 g/mol. The summed E-state index contributed by atoms with van der Waals surface area (Å²) in [5.41, 5.74) is 1.14. The van der Waals surface area contributed by atoms with E-state index in [1.807, 2.05) is 0 Å². The molecule has 0 saturated heterocycles. The number of aromatic nitrogens is 2. The number of methoxy groups -OCH3 is 1. The molecule has 1 aromatic heterocycles. The molecule has 152 valence electrons. The van der Waals surface area contributed by atoms with Crippen molar-refractivity contribution in [3.05, 3.63) is 59.5 Å². The highest BCUT2D eigenvalue weighted by molar-refractivity contribution is 5.60. The van der Waals surface area contributed by atoms with E-state index in [9.17, 15) is 8.78 Å². The van der Waals surface area contributed by atoms with Gasteiger partial charge in [0.05, 0.1) is 7.11 Å². The largest absolute Gasteiger partial charge is 0.493 e. The zero-order chi connectivity index (χ0) is 20.2. The van der Waals surface area contributed by atoms with Gasteiger partial charge in [-0.1, -0.05) is 24.4 Å². The lowest BCUT2D eigenvalue weighted by Gasteiger charge is -2.17. The van der Waals surface area contributed by atoms with Crippen LogP contribution in [-0.4, -0.2) is 17.3 Å². The molecule has 1 saturated carbocycles. The van der Waals surface area contributed by atoms with Crippen LogP contribution in [-0.2, 0) is 6.61 Å². The van der Waals surface area contributed by atoms with Crippen molar-refractivity contribution in [3.8, 4) is 22.9 Å². The Morgan fingerprint density at radius 2 is 1.76 bits per heavy atom. The summed E-state index contributed by atoms with van der Waals surface area (Å²) in [6, 6.07) is 8.58. The van der Waals surface area contributed by atoms with Crippen LogP contribution < -0.4 is 9.47 Å². The predicted octanol–water partition coefficient (Wildman–Crippen LogP) is 5.65. The standard InChI is InChI=1S/C22H22F2N2O3/c1-27-20-11-16(21-25-22(29-26-21)15-5-3-2-4-6-15)7-8-19(20)28-13-14-9-17(23)12-18(24)10-14/h7-12,15H,2-6,13H2,1H3. The van der Waals surface area contributed by atoms with Gasteiger partial charge < -0.3 is 14.0 Å². The minimum Gasteiger partial charge on any atom is -0.493 e. The van der Waals surface area contributed by atoms with Crippen molar-refractivity contribution >= 4 is 0 Å². The molecule has 1 fully saturated rings. The summed E-state index contributed by atoms with van der Waals surface area (Å²) in [5, 5.41) is 4.11. The quantitative estimate of drug-likeness (QED) is 0.535. The van der Waals surface area contributed by atoms with E-state index in [2.05, 4.69) is 10.1 Å². The van der Waals surface area contributed by atoms with E-state index in [0.29, 0.717) is 34.7 Å². The lowest BCUT2D eigenvalue weighted by molar-refractivity contribution is 0.283. The van der Waals surface area contributed by atoms with Crippen molar-refractivity contribution in [3.63, 3.8) is 0 Å². The Hall–Kier alpha value is -2.96. The number of ether oxygens (including phenoxy) is 2. The number of halogens is 2. The SMILES string of the molecule is COc1cc(-c2noc(C3CCCCC3)n2)ccc1OCc1cc(F)cc(F)c1. The third-order valence-corrected chi connectivity index (χ3v) is 5.13. The molecule has 29 heavy (non-hydrogen) atoms. The Labute approximate surface area is 167 Å². The van der Waals surface area contributed by atoms with Crippen molar-refractivity contribution in [2.24, 2.45) is 0 Å². The van der Waals surface area contributed by atoms with E-state index >= 15 is 0 Å². The molecular weight excluding hydrogens is 378 g/mol. The van der Waals surface area contributed by atoms with E-state index in [4.69, 9.17) is 14.0 Å². The van der Waals surface area contributed by atoms with Crippen LogP contribution in [0.2, 0.25) is 0 Å². The second kappa shape index (κ2) is 8.59. The van der Waals surface area contributed by atoms with E-state index < -0.39 is 11.6 Å². The van der Waals surface area contributed by atoms with Gasteiger partial charge in [0.25, 0.3) is 0 Å². The number of nitrogens with zero attached hydrogens (tertiary/aromatic N) is 2. The first-order valence-electron chi connectivity index (χ1n) is 9.72. The zero-order valence-electron chi connectivity index (χ0n) is 16.2. The van der Waals surface area contributed by atoms with Gasteiger partial charge >= 0.3 is 0 Å². The van der Waals surface area contributed by atoms with Crippen LogP contribution in [0.15, 0.2) is 40.9 Å². The first-order chi connectivity index (χ1) is 14.1. The molecule has 1 aliphatic rings. The maximum Gasteiger partial charge on any atom is 0.230 e. The zero-order valence-corrected chi connectivity index (χ0v) is 16.2. The molecule has 0 aliphatic heterocycles. The predicted molar refractivity (Wildman–Crippen MR) is 103 cm³/mol. The van der Waals surface area contributed by atoms with Gasteiger partial charge in [-0.3, -0.25) is 0 Å². The summed E-state index contributed by atoms with van der Waals surface area (Å²) in [5.74, 6) is 1.17. The van der Waals surface area contributed by atoms with Crippen LogP contribution in [0.1, 0.15) is 49.5 Å². The van der Waals surface area contributed by atoms with Crippen molar-refractivity contribution < 1.29 is 22.8 Å². The number of hydrogen-bond donors (Lipinski definition) is 0. The Bertz CT molecular complexity index is 964. The minimum atomic E-state index is -0.642. The van der Waals surface area contributed by atoms with Crippen molar-refractivity contribution in [1.82, 2.24) is 10.1 Å². The molecule has 0 atom stereocenters. The van der Waals surface area contributed by atoms with Crippen molar-refractivity contribution in [2.75, 3.05) is 7.11 Å². The van der Waals surface area contributed by atoms with E-state index in [1.54, 1.807) is 18.2 Å². The highest BCUT2D eigenvalue weighted by Crippen LogP contribution is 2.35. The normalized spacial score (nSPS) is 14.7. The fraction of sp³-hybridized carbons (Fsp3) is 0.364. The number of benzene rings is 2. The van der Waals surface area contributed by atoms with Gasteiger partial charge in [0.1, 0.15) is 18.2 Å². The maximum absolute atomic E-state index is 13.3. The van der Waals surface area contributed by atoms with E-state index in [0.717, 1.165) is 24.5 Å². The molecule has 2 aromatic carbocycles. The fourth-order valence-corrected chi connectivity index (χ4v) is 3.65. The third-order valence-electron chi connectivity index (χ3n) is 5.13. The van der Waals surface area contributed by atoms with Gasteiger partial charge in [-0.15, -0.1) is 0 Å². The molecule has 0 unspecified atom stereocenters. The van der Waals surface area contributed by atoms with Gasteiger partial charge in [-0.25, -0.2) is 8.78 Å². The number of hydrogen-bond acceptors (Lipinski definition) is 5. The van der Waals surface area contributed by atoms with Gasteiger partial charge in [0.15, 0.2) is 11.5 Å². The van der Waals surface area contributed by atoms with Crippen LogP contribution in [0.25, 0.3) is 11.4 Å². The third kappa shape index (κ3) is 4.55. The molecule has 0 bridgehead atoms. The molecule has 0 radical (unpaired) electrons. The monoisotopic (exact) mass is 400 g/mol. The second-order valence-electron chi connectivity index (χ2n) is 7.22. The first kappa shape index (κ1) is 19.4. The van der Waals surface area contributed by atoms with Crippen molar-refractivity contribution in [1.29, 1.82) is 0 Å². The van der Waals surface area contributed by atoms with E-state index in [-0.39, 0.29) is 6.61 Å². The van der Waals surface area contributed by atoms with Crippen LogP contribution in [0.4, 0.5) is 8.78 Å². The smallest absolute Gasteiger partial charge is 0.230 e. The van der Waals surface area contributed by atoms with Gasteiger partial charge in [-0.05, 0) is 48.7 Å². The Balaban J connectivity index is 1.50. The molecule has 0 spiro atoms. The molecular formula is C22H22F2N2O3. The first-order valence-corrected chi connectivity index (χ1v) is 9.72. The number of rotatable bonds is 6. The van der Waals surface area contributed by atoms with Gasteiger partial charge in [-0.2, -0.15) is 4.98 Å². The summed E-state index contributed by atoms with van der Waals surface area (Å²) in [7, 11) is 1.53. The molecule has 3 aromatic rings. The molecule has 0 N–H and O–H groups in total. The summed E-state index contributed by atoms with van der Waals surface area (Å²) in [4.78, 5) is 4.56. The van der Waals surface area contributed by atoms with Gasteiger partial charge in [0.2, 0.25) is 11.7 Å². The molecule has 0 amide bonds. The highest BCUT2D eigenvalue weighted by Gasteiger charge is 2.22. The van der Waals surface area contributed by atoms with Crippen LogP contribution in [0.3, 0.4) is 0 Å². The maximum atomic E-state index is 13.3. The molecule has 1 heterocycles. The Morgan fingerprint density at radius 1 is 1.00 bits per heavy atom. The Kier molecular flexibility index (Phi) is 5.74. The summed E-state index contributed by atoms with van der Waals surface area (Å²) >= 11 is 0. The lowest BCUT2D eigenvalue weighted by Crippen LogP contribution is -2.04. The van der Waals surface area contributed by atoms with Crippen LogP contribution >= 0.6 is 0 Å². The average Bonchev–Trinajstić information content (AvgIpc) is 3.22. The van der Waals surface area contributed by atoms with Crippen LogP contribution in [0.5, 0.6) is 11.5 Å². The van der Waals surface area contributed by atoms with E-state index in [1.165, 1.54) is 38.5 Å². The molecule has 1 aliphatic carbocycles. The van der Waals surface area contributed by atoms with Crippen molar-refractivity contribution in [2.45, 2.75) is 44.6 Å². The highest BCUT2D eigenvalue weighted by atomic mass is 19.1. The minimum absolute atomic E-state index is 0.0123. The fourth-order valence-electron chi connectivity index (χ4n) is 3.65. The topological polar surface area (TPSA) is 57.4 Å². The Morgan fingerprint density at radius 3 is 2.48 bits per heavy atom. The molecule has 4 rings (SSSR count). The summed E-state index contributed by atoms with van der Waals surface area (Å²) in [6.07, 6.45) is 5.81. The summed E-state index contributed by atoms with van der Waals surface area (Å²) < 4.78 is 43.3. The van der Waals surface area contributed by atoms with Crippen LogP contribution in [0, 0.1) is 11.6 Å². The van der Waals surface area contributed by atoms with Gasteiger partial charge in [0, 0.05) is 17.5 Å². The second-order valence-corrected chi connectivity index (χ2v) is 7.22.